The Labute approximate surface area is 119 Å². The fourth-order valence-electron chi connectivity index (χ4n) is 2.38. The molecule has 1 fully saturated rings. The zero-order valence-corrected chi connectivity index (χ0v) is 12.1. The molecule has 20 heavy (non-hydrogen) atoms. The van der Waals surface area contributed by atoms with Gasteiger partial charge in [-0.15, -0.1) is 0 Å². The average molecular weight is 271 g/mol. The molecule has 1 aliphatic rings. The molecular formula is C16H21N3O. The summed E-state index contributed by atoms with van der Waals surface area (Å²) in [5, 5.41) is 3.55. The molecule has 0 aliphatic heterocycles. The van der Waals surface area contributed by atoms with Crippen molar-refractivity contribution in [3.63, 3.8) is 0 Å². The standard InChI is InChI=1S/C16H21N3O/c1-12-8-16(20-2)9-14(18-12)11-19-7-3-4-15(19)10-17-13-5-6-13/h3-4,7-9,13,17H,5-6,10-11H2,1-2H3. The van der Waals surface area contributed by atoms with Gasteiger partial charge in [-0.2, -0.15) is 0 Å². The van der Waals surface area contributed by atoms with Crippen molar-refractivity contribution in [1.29, 1.82) is 0 Å². The van der Waals surface area contributed by atoms with Gasteiger partial charge >= 0.3 is 0 Å². The lowest BCUT2D eigenvalue weighted by molar-refractivity contribution is 0.412. The summed E-state index contributed by atoms with van der Waals surface area (Å²) in [4.78, 5) is 4.58. The van der Waals surface area contributed by atoms with Gasteiger partial charge in [-0.05, 0) is 31.9 Å². The van der Waals surface area contributed by atoms with Gasteiger partial charge in [0.2, 0.25) is 0 Å². The number of rotatable bonds is 6. The molecule has 0 aromatic carbocycles. The summed E-state index contributed by atoms with van der Waals surface area (Å²) in [6, 6.07) is 8.95. The average Bonchev–Trinajstić information content (AvgIpc) is 3.16. The molecule has 106 valence electrons. The number of nitrogens with one attached hydrogen (secondary N) is 1. The van der Waals surface area contributed by atoms with E-state index in [1.807, 2.05) is 19.1 Å². The van der Waals surface area contributed by atoms with Crippen LogP contribution in [0.4, 0.5) is 0 Å². The molecule has 0 amide bonds. The van der Waals surface area contributed by atoms with E-state index < -0.39 is 0 Å². The third kappa shape index (κ3) is 3.20. The van der Waals surface area contributed by atoms with E-state index in [1.54, 1.807) is 7.11 Å². The van der Waals surface area contributed by atoms with Crippen LogP contribution in [0.15, 0.2) is 30.5 Å². The largest absolute Gasteiger partial charge is 0.497 e. The lowest BCUT2D eigenvalue weighted by Gasteiger charge is -2.11. The zero-order valence-electron chi connectivity index (χ0n) is 12.1. The number of nitrogens with zero attached hydrogens (tertiary/aromatic N) is 2. The van der Waals surface area contributed by atoms with Gasteiger partial charge in [-0.3, -0.25) is 4.98 Å². The molecule has 0 saturated heterocycles. The van der Waals surface area contributed by atoms with Crippen LogP contribution in [0.1, 0.15) is 29.9 Å². The molecule has 2 aromatic heterocycles. The fraction of sp³-hybridized carbons (Fsp3) is 0.438. The highest BCUT2D eigenvalue weighted by atomic mass is 16.5. The maximum Gasteiger partial charge on any atom is 0.122 e. The van der Waals surface area contributed by atoms with Crippen molar-refractivity contribution in [2.45, 2.75) is 38.9 Å². The highest BCUT2D eigenvalue weighted by Gasteiger charge is 2.20. The normalized spacial score (nSPS) is 14.5. The second-order valence-electron chi connectivity index (χ2n) is 5.42. The van der Waals surface area contributed by atoms with Crippen LogP contribution in [-0.2, 0) is 13.1 Å². The Morgan fingerprint density at radius 2 is 2.25 bits per heavy atom. The first-order chi connectivity index (χ1) is 9.74. The second kappa shape index (κ2) is 5.67. The van der Waals surface area contributed by atoms with Gasteiger partial charge in [0.05, 0.1) is 19.3 Å². The van der Waals surface area contributed by atoms with Crippen LogP contribution in [0.2, 0.25) is 0 Å². The van der Waals surface area contributed by atoms with Gasteiger partial charge in [0, 0.05) is 42.3 Å². The van der Waals surface area contributed by atoms with Crippen LogP contribution < -0.4 is 10.1 Å². The molecule has 2 heterocycles. The molecule has 0 radical (unpaired) electrons. The summed E-state index contributed by atoms with van der Waals surface area (Å²) in [5.41, 5.74) is 3.33. The van der Waals surface area contributed by atoms with Gasteiger partial charge in [-0.1, -0.05) is 0 Å². The Morgan fingerprint density at radius 3 is 3.00 bits per heavy atom. The maximum absolute atomic E-state index is 5.31. The van der Waals surface area contributed by atoms with Crippen LogP contribution >= 0.6 is 0 Å². The Bertz CT molecular complexity index is 587. The van der Waals surface area contributed by atoms with Crippen LogP contribution in [-0.4, -0.2) is 22.7 Å². The molecule has 0 unspecified atom stereocenters. The summed E-state index contributed by atoms with van der Waals surface area (Å²) < 4.78 is 7.56. The topological polar surface area (TPSA) is 39.1 Å². The summed E-state index contributed by atoms with van der Waals surface area (Å²) in [6.07, 6.45) is 4.75. The first-order valence-corrected chi connectivity index (χ1v) is 7.13. The predicted octanol–water partition coefficient (Wildman–Crippen LogP) is 2.50. The van der Waals surface area contributed by atoms with Crippen molar-refractivity contribution in [1.82, 2.24) is 14.9 Å². The second-order valence-corrected chi connectivity index (χ2v) is 5.42. The molecule has 4 nitrogen and oxygen atoms in total. The predicted molar refractivity (Wildman–Crippen MR) is 78.9 cm³/mol. The van der Waals surface area contributed by atoms with E-state index >= 15 is 0 Å². The van der Waals surface area contributed by atoms with Crippen LogP contribution in [0.3, 0.4) is 0 Å². The summed E-state index contributed by atoms with van der Waals surface area (Å²) in [6.45, 7) is 3.71. The quantitative estimate of drug-likeness (QED) is 0.877. The van der Waals surface area contributed by atoms with Gasteiger partial charge < -0.3 is 14.6 Å². The van der Waals surface area contributed by atoms with Gasteiger partial charge in [-0.25, -0.2) is 0 Å². The number of hydrogen-bond donors (Lipinski definition) is 1. The number of hydrogen-bond acceptors (Lipinski definition) is 3. The molecule has 0 bridgehead atoms. The molecule has 1 aliphatic carbocycles. The molecule has 4 heteroatoms. The first-order valence-electron chi connectivity index (χ1n) is 7.13. The molecule has 3 rings (SSSR count). The van der Waals surface area contributed by atoms with Crippen molar-refractivity contribution < 1.29 is 4.74 Å². The molecule has 0 spiro atoms. The van der Waals surface area contributed by atoms with Crippen LogP contribution in [0.25, 0.3) is 0 Å². The molecule has 2 aromatic rings. The van der Waals surface area contributed by atoms with Gasteiger partial charge in [0.15, 0.2) is 0 Å². The van der Waals surface area contributed by atoms with E-state index in [1.165, 1.54) is 18.5 Å². The number of ether oxygens (including phenoxy) is 1. The van der Waals surface area contributed by atoms with E-state index in [4.69, 9.17) is 4.74 Å². The lowest BCUT2D eigenvalue weighted by Crippen LogP contribution is -2.18. The fourth-order valence-corrected chi connectivity index (χ4v) is 2.38. The minimum Gasteiger partial charge on any atom is -0.497 e. The third-order valence-corrected chi connectivity index (χ3v) is 3.62. The van der Waals surface area contributed by atoms with E-state index in [0.717, 1.165) is 36.3 Å². The van der Waals surface area contributed by atoms with Crippen LogP contribution in [0.5, 0.6) is 5.75 Å². The molecular weight excluding hydrogens is 250 g/mol. The Balaban J connectivity index is 1.73. The Kier molecular flexibility index (Phi) is 3.74. The Morgan fingerprint density at radius 1 is 1.40 bits per heavy atom. The van der Waals surface area contributed by atoms with Crippen molar-refractivity contribution >= 4 is 0 Å². The van der Waals surface area contributed by atoms with Crippen molar-refractivity contribution in [2.24, 2.45) is 0 Å². The van der Waals surface area contributed by atoms with Gasteiger partial charge in [0.1, 0.15) is 5.75 Å². The van der Waals surface area contributed by atoms with Gasteiger partial charge in [0.25, 0.3) is 0 Å². The summed E-state index contributed by atoms with van der Waals surface area (Å²) in [7, 11) is 1.69. The molecule has 1 saturated carbocycles. The molecule has 1 N–H and O–H groups in total. The van der Waals surface area contributed by atoms with E-state index in [-0.39, 0.29) is 0 Å². The monoisotopic (exact) mass is 271 g/mol. The minimum atomic E-state index is 0.732. The van der Waals surface area contributed by atoms with Crippen molar-refractivity contribution in [3.8, 4) is 5.75 Å². The smallest absolute Gasteiger partial charge is 0.122 e. The first kappa shape index (κ1) is 13.2. The number of aryl methyl sites for hydroxylation is 1. The number of methoxy groups -OCH3 is 1. The highest BCUT2D eigenvalue weighted by Crippen LogP contribution is 2.20. The SMILES string of the molecule is COc1cc(C)nc(Cn2cccc2CNC2CC2)c1. The number of aromatic nitrogens is 2. The molecule has 0 atom stereocenters. The zero-order chi connectivity index (χ0) is 13.9. The van der Waals surface area contributed by atoms with Crippen LogP contribution in [0, 0.1) is 6.92 Å². The maximum atomic E-state index is 5.31. The van der Waals surface area contributed by atoms with E-state index in [9.17, 15) is 0 Å². The minimum absolute atomic E-state index is 0.732. The number of pyridine rings is 1. The highest BCUT2D eigenvalue weighted by molar-refractivity contribution is 5.27. The third-order valence-electron chi connectivity index (χ3n) is 3.62. The van der Waals surface area contributed by atoms with E-state index in [0.29, 0.717) is 0 Å². The van der Waals surface area contributed by atoms with E-state index in [2.05, 4.69) is 33.2 Å². The lowest BCUT2D eigenvalue weighted by atomic mass is 10.3. The Hall–Kier alpha value is -1.81. The van der Waals surface area contributed by atoms with Crippen molar-refractivity contribution in [2.75, 3.05) is 7.11 Å². The van der Waals surface area contributed by atoms with Crippen molar-refractivity contribution in [3.05, 3.63) is 47.5 Å². The summed E-state index contributed by atoms with van der Waals surface area (Å²) in [5.74, 6) is 0.873. The summed E-state index contributed by atoms with van der Waals surface area (Å²) >= 11 is 0.